The largest absolute Gasteiger partial charge is 0.370 e. The molecule has 3 heterocycles. The summed E-state index contributed by atoms with van der Waals surface area (Å²) in [6.07, 6.45) is 8.19. The first-order valence-electron chi connectivity index (χ1n) is 7.73. The van der Waals surface area contributed by atoms with E-state index in [1.165, 1.54) is 48.6 Å². The third-order valence-electron chi connectivity index (χ3n) is 5.80. The Morgan fingerprint density at radius 3 is 2.70 bits per heavy atom. The van der Waals surface area contributed by atoms with Crippen molar-refractivity contribution in [3.05, 3.63) is 30.0 Å². The lowest BCUT2D eigenvalue weighted by Crippen LogP contribution is -2.48. The molecule has 1 aromatic carbocycles. The molecule has 5 rings (SSSR count). The monoisotopic (exact) mass is 270 g/mol. The molecule has 3 heteroatoms. The van der Waals surface area contributed by atoms with Gasteiger partial charge in [0.2, 0.25) is 0 Å². The Morgan fingerprint density at radius 1 is 1.25 bits per heavy atom. The summed E-state index contributed by atoms with van der Waals surface area (Å²) in [6.45, 7) is 3.25. The van der Waals surface area contributed by atoms with Gasteiger partial charge in [0.05, 0.1) is 23.9 Å². The first-order valence-corrected chi connectivity index (χ1v) is 7.73. The maximum atomic E-state index is 6.37. The van der Waals surface area contributed by atoms with Crippen LogP contribution in [0.3, 0.4) is 0 Å². The molecule has 3 aliphatic rings. The predicted molar refractivity (Wildman–Crippen MR) is 79.5 cm³/mol. The highest BCUT2D eigenvalue weighted by Crippen LogP contribution is 2.54. The van der Waals surface area contributed by atoms with Gasteiger partial charge in [-0.1, -0.05) is 13.0 Å². The van der Waals surface area contributed by atoms with E-state index in [1.54, 1.807) is 0 Å². The third-order valence-corrected chi connectivity index (χ3v) is 5.80. The normalized spacial score (nSPS) is 32.9. The second-order valence-corrected chi connectivity index (χ2v) is 6.68. The van der Waals surface area contributed by atoms with E-state index in [0.29, 0.717) is 5.41 Å². The molecule has 3 fully saturated rings. The lowest BCUT2D eigenvalue weighted by molar-refractivity contribution is -0.190. The van der Waals surface area contributed by atoms with Crippen molar-refractivity contribution in [2.24, 2.45) is 12.5 Å². The average molecular weight is 270 g/mol. The lowest BCUT2D eigenvalue weighted by Gasteiger charge is -2.53. The molecule has 0 radical (unpaired) electrons. The molecule has 0 unspecified atom stereocenters. The Labute approximate surface area is 119 Å². The van der Waals surface area contributed by atoms with Crippen LogP contribution in [0.15, 0.2) is 24.4 Å². The summed E-state index contributed by atoms with van der Waals surface area (Å²) in [6, 6.07) is 6.72. The molecule has 2 bridgehead atoms. The van der Waals surface area contributed by atoms with Crippen LogP contribution in [0.1, 0.15) is 44.6 Å². The fraction of sp³-hybridized carbons (Fsp3) is 0.588. The molecule has 106 valence electrons. The summed E-state index contributed by atoms with van der Waals surface area (Å²) >= 11 is 0. The van der Waals surface area contributed by atoms with Gasteiger partial charge in [-0.05, 0) is 55.2 Å². The Morgan fingerprint density at radius 2 is 2.05 bits per heavy atom. The van der Waals surface area contributed by atoms with Crippen LogP contribution >= 0.6 is 0 Å². The van der Waals surface area contributed by atoms with Gasteiger partial charge in [0.25, 0.3) is 0 Å². The van der Waals surface area contributed by atoms with Crippen molar-refractivity contribution in [2.45, 2.75) is 44.6 Å². The maximum Gasteiger partial charge on any atom is 0.0932 e. The molecule has 0 spiro atoms. The Kier molecular flexibility index (Phi) is 2.53. The van der Waals surface area contributed by atoms with Crippen LogP contribution in [0.4, 0.5) is 0 Å². The van der Waals surface area contributed by atoms with E-state index in [4.69, 9.17) is 4.74 Å². The topological polar surface area (TPSA) is 27.1 Å². The van der Waals surface area contributed by atoms with E-state index < -0.39 is 0 Å². The van der Waals surface area contributed by atoms with Gasteiger partial charge in [-0.2, -0.15) is 5.10 Å². The first-order chi connectivity index (χ1) is 9.66. The predicted octanol–water partition coefficient (Wildman–Crippen LogP) is 3.77. The third kappa shape index (κ3) is 1.59. The zero-order valence-corrected chi connectivity index (χ0v) is 12.4. The van der Waals surface area contributed by atoms with Crippen LogP contribution in [-0.4, -0.2) is 16.4 Å². The molecule has 2 saturated heterocycles. The van der Waals surface area contributed by atoms with Crippen LogP contribution in [0.2, 0.25) is 0 Å². The molecule has 0 N–H and O–H groups in total. The molecule has 3 nitrogen and oxygen atoms in total. The van der Waals surface area contributed by atoms with E-state index in [1.807, 2.05) is 17.9 Å². The van der Waals surface area contributed by atoms with Gasteiger partial charge in [-0.3, -0.25) is 4.68 Å². The van der Waals surface area contributed by atoms with Gasteiger partial charge in [0, 0.05) is 12.4 Å². The molecular weight excluding hydrogens is 248 g/mol. The minimum Gasteiger partial charge on any atom is -0.370 e. The summed E-state index contributed by atoms with van der Waals surface area (Å²) in [7, 11) is 1.99. The van der Waals surface area contributed by atoms with Gasteiger partial charge in [0.1, 0.15) is 0 Å². The standard InChI is InChI=1S/C17H22N2O/c1-3-16-6-8-17(9-7-16,20-12-16)14-4-5-15-13(10-14)11-18-19(15)2/h4-5,10-11H,3,6-9,12H2,1-2H3. The van der Waals surface area contributed by atoms with E-state index in [0.717, 1.165) is 6.61 Å². The number of hydrogen-bond donors (Lipinski definition) is 0. The van der Waals surface area contributed by atoms with Crippen molar-refractivity contribution in [3.63, 3.8) is 0 Å². The highest BCUT2D eigenvalue weighted by molar-refractivity contribution is 5.79. The molecule has 2 aliphatic heterocycles. The van der Waals surface area contributed by atoms with Crippen LogP contribution < -0.4 is 0 Å². The number of aryl methyl sites for hydroxylation is 1. The molecule has 1 aliphatic carbocycles. The van der Waals surface area contributed by atoms with Crippen LogP contribution in [0.5, 0.6) is 0 Å². The lowest BCUT2D eigenvalue weighted by atomic mass is 9.63. The van der Waals surface area contributed by atoms with E-state index in [9.17, 15) is 0 Å². The minimum absolute atomic E-state index is 0.0268. The smallest absolute Gasteiger partial charge is 0.0932 e. The summed E-state index contributed by atoms with van der Waals surface area (Å²) in [5.41, 5.74) is 2.99. The minimum atomic E-state index is -0.0268. The van der Waals surface area contributed by atoms with Crippen molar-refractivity contribution in [3.8, 4) is 0 Å². The van der Waals surface area contributed by atoms with Gasteiger partial charge >= 0.3 is 0 Å². The molecule has 20 heavy (non-hydrogen) atoms. The molecule has 2 aromatic rings. The average Bonchev–Trinajstić information content (AvgIpc) is 2.90. The van der Waals surface area contributed by atoms with E-state index >= 15 is 0 Å². The number of hydrogen-bond acceptors (Lipinski definition) is 2. The number of benzene rings is 1. The zero-order valence-electron chi connectivity index (χ0n) is 12.4. The first kappa shape index (κ1) is 12.4. The number of fused-ring (bicyclic) bond motifs is 4. The van der Waals surface area contributed by atoms with Crippen molar-refractivity contribution >= 4 is 10.9 Å². The second-order valence-electron chi connectivity index (χ2n) is 6.68. The SMILES string of the molecule is CCC12CCC(c3ccc4c(cnn4C)c3)(CC1)OC2. The van der Waals surface area contributed by atoms with Gasteiger partial charge < -0.3 is 4.74 Å². The molecule has 0 amide bonds. The van der Waals surface area contributed by atoms with Crippen molar-refractivity contribution in [2.75, 3.05) is 6.61 Å². The number of ether oxygens (including phenoxy) is 1. The van der Waals surface area contributed by atoms with Gasteiger partial charge in [-0.25, -0.2) is 0 Å². The quantitative estimate of drug-likeness (QED) is 0.830. The summed E-state index contributed by atoms with van der Waals surface area (Å²) in [4.78, 5) is 0. The fourth-order valence-electron chi connectivity index (χ4n) is 4.04. The molecular formula is C17H22N2O. The van der Waals surface area contributed by atoms with E-state index in [-0.39, 0.29) is 5.60 Å². The van der Waals surface area contributed by atoms with E-state index in [2.05, 4.69) is 30.2 Å². The molecule has 1 aromatic heterocycles. The van der Waals surface area contributed by atoms with Crippen LogP contribution in [0.25, 0.3) is 10.9 Å². The van der Waals surface area contributed by atoms with Crippen LogP contribution in [0, 0.1) is 5.41 Å². The Balaban J connectivity index is 1.73. The molecule has 0 atom stereocenters. The zero-order chi connectivity index (χ0) is 13.8. The van der Waals surface area contributed by atoms with Gasteiger partial charge in [0.15, 0.2) is 0 Å². The Hall–Kier alpha value is -1.35. The Bertz CT molecular complexity index is 634. The van der Waals surface area contributed by atoms with Crippen LogP contribution in [-0.2, 0) is 17.4 Å². The summed E-state index contributed by atoms with van der Waals surface area (Å²) in [5, 5.41) is 5.56. The van der Waals surface area contributed by atoms with Crippen molar-refractivity contribution < 1.29 is 4.74 Å². The molecule has 1 saturated carbocycles. The fourth-order valence-corrected chi connectivity index (χ4v) is 4.04. The highest BCUT2D eigenvalue weighted by atomic mass is 16.5. The maximum absolute atomic E-state index is 6.37. The summed E-state index contributed by atoms with van der Waals surface area (Å²) in [5.74, 6) is 0. The second kappa shape index (κ2) is 4.08. The number of aromatic nitrogens is 2. The summed E-state index contributed by atoms with van der Waals surface area (Å²) < 4.78 is 8.31. The van der Waals surface area contributed by atoms with Crippen molar-refractivity contribution in [1.82, 2.24) is 9.78 Å². The number of rotatable bonds is 2. The van der Waals surface area contributed by atoms with Crippen molar-refractivity contribution in [1.29, 1.82) is 0 Å². The number of nitrogens with zero attached hydrogens (tertiary/aromatic N) is 2. The highest BCUT2D eigenvalue weighted by Gasteiger charge is 2.49. The van der Waals surface area contributed by atoms with Gasteiger partial charge in [-0.15, -0.1) is 0 Å².